The average molecular weight is 875 g/mol. The number of phenols is 1. The maximum Gasteiger partial charge on any atom is 0.262 e. The lowest BCUT2D eigenvalue weighted by Gasteiger charge is -2.46. The summed E-state index contributed by atoms with van der Waals surface area (Å²) in [5.41, 5.74) is 8.86. The van der Waals surface area contributed by atoms with Gasteiger partial charge in [0.2, 0.25) is 5.91 Å². The van der Waals surface area contributed by atoms with Gasteiger partial charge in [-0.05, 0) is 140 Å². The molecule has 0 radical (unpaired) electrons. The van der Waals surface area contributed by atoms with Gasteiger partial charge < -0.3 is 29.8 Å². The second kappa shape index (κ2) is 22.1. The van der Waals surface area contributed by atoms with Crippen molar-refractivity contribution in [2.24, 2.45) is 5.41 Å². The zero-order chi connectivity index (χ0) is 44.9. The fourth-order valence-electron chi connectivity index (χ4n) is 8.89. The van der Waals surface area contributed by atoms with E-state index in [-0.39, 0.29) is 30.5 Å². The Labute approximate surface area is 376 Å². The molecule has 8 rings (SSSR count). The highest BCUT2D eigenvalue weighted by molar-refractivity contribution is 6.23. The van der Waals surface area contributed by atoms with Gasteiger partial charge in [0.1, 0.15) is 24.4 Å². The first-order valence-electron chi connectivity index (χ1n) is 22.0. The minimum absolute atomic E-state index is 0.0721. The summed E-state index contributed by atoms with van der Waals surface area (Å²) in [6, 6.07) is 29.3. The number of piperidine rings is 2. The molecule has 332 valence electrons. The van der Waals surface area contributed by atoms with Gasteiger partial charge in [0.25, 0.3) is 11.8 Å². The van der Waals surface area contributed by atoms with E-state index < -0.39 is 23.8 Å². The van der Waals surface area contributed by atoms with Crippen molar-refractivity contribution in [1.29, 1.82) is 0 Å². The molecule has 4 aliphatic rings. The van der Waals surface area contributed by atoms with Crippen LogP contribution in [0.15, 0.2) is 91.0 Å². The van der Waals surface area contributed by atoms with E-state index in [2.05, 4.69) is 76.8 Å². The Bertz CT molecular complexity index is 2180. The molecule has 0 bridgehead atoms. The van der Waals surface area contributed by atoms with Crippen molar-refractivity contribution >= 4 is 59.2 Å². The van der Waals surface area contributed by atoms with Gasteiger partial charge in [0.05, 0.1) is 17.7 Å². The fraction of sp³-hybridized carbons (Fsp3) is 0.392. The Hall–Kier alpha value is -5.62. The minimum Gasteiger partial charge on any atom is -0.508 e. The summed E-state index contributed by atoms with van der Waals surface area (Å²) >= 11 is 5.19. The quantitative estimate of drug-likeness (QED) is 0.0634. The minimum atomic E-state index is -1.01. The predicted molar refractivity (Wildman–Crippen MR) is 250 cm³/mol. The largest absolute Gasteiger partial charge is 0.508 e. The number of fused-ring (bicyclic) bond motifs is 2. The van der Waals surface area contributed by atoms with Crippen LogP contribution < -0.4 is 10.2 Å². The van der Waals surface area contributed by atoms with Crippen LogP contribution in [0.25, 0.3) is 11.6 Å². The van der Waals surface area contributed by atoms with Gasteiger partial charge in [0.15, 0.2) is 0 Å². The fourth-order valence-corrected chi connectivity index (χ4v) is 8.89. The number of halogens is 1. The zero-order valence-electron chi connectivity index (χ0n) is 36.7. The number of aromatic hydroxyl groups is 1. The van der Waals surface area contributed by atoms with Crippen molar-refractivity contribution < 1.29 is 29.1 Å². The molecule has 3 amide bonds. The molecule has 4 aromatic carbocycles. The number of phenolic OH excluding ortho intramolecular Hbond substituents is 1. The molecule has 11 nitrogen and oxygen atoms in total. The lowest BCUT2D eigenvalue weighted by Crippen LogP contribution is -2.48. The molecule has 2 N–H and O–H groups in total. The lowest BCUT2D eigenvalue weighted by molar-refractivity contribution is -0.124. The van der Waals surface area contributed by atoms with Crippen LogP contribution in [0.3, 0.4) is 0 Å². The van der Waals surface area contributed by atoms with Crippen molar-refractivity contribution in [2.45, 2.75) is 71.0 Å². The van der Waals surface area contributed by atoms with Crippen LogP contribution in [0.1, 0.15) is 100 Å². The Balaban J connectivity index is 0.000000198. The number of aldehydes is 2. The first-order chi connectivity index (χ1) is 30.5. The van der Waals surface area contributed by atoms with Crippen LogP contribution in [0.5, 0.6) is 5.75 Å². The van der Waals surface area contributed by atoms with Crippen LogP contribution in [-0.2, 0) is 27.5 Å². The number of carbonyl (C=O) groups is 5. The summed E-state index contributed by atoms with van der Waals surface area (Å²) in [5, 5.41) is 12.2. The van der Waals surface area contributed by atoms with Crippen molar-refractivity contribution in [1.82, 2.24) is 20.0 Å². The Morgan fingerprint density at radius 2 is 1.35 bits per heavy atom. The molecule has 2 fully saturated rings. The summed E-state index contributed by atoms with van der Waals surface area (Å²) in [6.07, 6.45) is 10.3. The topological polar surface area (TPSA) is 131 Å². The number of imide groups is 1. The first kappa shape index (κ1) is 46.9. The molecule has 4 aliphatic heterocycles. The number of nitrogens with zero attached hydrogens (tertiary/aromatic N) is 4. The van der Waals surface area contributed by atoms with E-state index in [1.807, 2.05) is 30.0 Å². The van der Waals surface area contributed by atoms with Gasteiger partial charge in [0, 0.05) is 51.2 Å². The smallest absolute Gasteiger partial charge is 0.262 e. The standard InChI is InChI=1S/C30H34N2O.C18H19N3O5.C3H7Cl/c1-31-19-15-30(16-20-31)17-21-32(22-18-30)27-11-7-25(8-12-27)29(23-24-5-3-2-4-6-24)26-9-13-28(33)14-10-26;1-19-16(24)15(3-2-5-22)21-17(25)13-7-11-9-20(4-6-23)10-12(11)8-14(13)18(21)26;1-2-3-4/h2-14,23,33H,15-22H2,1H3;5-8,15H,2-4,9-10H2,1H3,(H,19,24);2-3H2,1H3/b29-23+;;. The number of amides is 3. The third-order valence-corrected chi connectivity index (χ3v) is 13.0. The van der Waals surface area contributed by atoms with Crippen LogP contribution in [0.2, 0.25) is 0 Å². The van der Waals surface area contributed by atoms with E-state index >= 15 is 0 Å². The third-order valence-electron chi connectivity index (χ3n) is 12.7. The number of nitrogens with one attached hydrogen (secondary N) is 1. The predicted octanol–water partition coefficient (Wildman–Crippen LogP) is 7.82. The van der Waals surface area contributed by atoms with Gasteiger partial charge in [-0.15, -0.1) is 11.6 Å². The lowest BCUT2D eigenvalue weighted by atomic mass is 9.71. The molecule has 63 heavy (non-hydrogen) atoms. The second-order valence-electron chi connectivity index (χ2n) is 16.9. The van der Waals surface area contributed by atoms with E-state index in [0.717, 1.165) is 58.8 Å². The van der Waals surface area contributed by atoms with Crippen molar-refractivity contribution in [2.75, 3.05) is 57.6 Å². The monoisotopic (exact) mass is 873 g/mol. The number of hydrogen-bond acceptors (Lipinski definition) is 9. The highest BCUT2D eigenvalue weighted by Gasteiger charge is 2.43. The Morgan fingerprint density at radius 3 is 1.86 bits per heavy atom. The Kier molecular flexibility index (Phi) is 16.5. The van der Waals surface area contributed by atoms with Gasteiger partial charge >= 0.3 is 0 Å². The van der Waals surface area contributed by atoms with Gasteiger partial charge in [-0.2, -0.15) is 0 Å². The number of carbonyl (C=O) groups excluding carboxylic acids is 5. The van der Waals surface area contributed by atoms with Crippen molar-refractivity contribution in [3.63, 3.8) is 0 Å². The molecule has 2 saturated heterocycles. The molecule has 1 spiro atoms. The average Bonchev–Trinajstić information content (AvgIpc) is 3.82. The van der Waals surface area contributed by atoms with Crippen LogP contribution in [-0.4, -0.2) is 109 Å². The van der Waals surface area contributed by atoms with E-state index in [1.54, 1.807) is 24.3 Å². The van der Waals surface area contributed by atoms with Crippen molar-refractivity contribution in [3.05, 3.63) is 130 Å². The first-order valence-corrected chi connectivity index (χ1v) is 22.6. The van der Waals surface area contributed by atoms with Crippen molar-refractivity contribution in [3.8, 4) is 5.75 Å². The summed E-state index contributed by atoms with van der Waals surface area (Å²) < 4.78 is 0. The molecular weight excluding hydrogens is 814 g/mol. The highest BCUT2D eigenvalue weighted by atomic mass is 35.5. The maximum absolute atomic E-state index is 12.8. The normalized spacial score (nSPS) is 17.5. The van der Waals surface area contributed by atoms with Gasteiger partial charge in [-0.25, -0.2) is 0 Å². The number of likely N-dealkylation sites (N-methyl/N-ethyl adjacent to an activating group) is 1. The van der Waals surface area contributed by atoms with Gasteiger partial charge in [-0.1, -0.05) is 61.5 Å². The van der Waals surface area contributed by atoms with E-state index in [1.165, 1.54) is 62.6 Å². The third kappa shape index (κ3) is 11.5. The molecule has 1 atom stereocenters. The number of likely N-dealkylation sites (tertiary alicyclic amines) is 1. The number of benzene rings is 4. The SMILES string of the molecule is CCCCl.CN1CCC2(CC1)CCN(c1ccc(/C(=C\c3ccccc3)c3ccc(O)cc3)cc1)CC2.CNC(=O)C(CCC=O)N1C(=O)c2cc3c(cc2C1=O)CN(CC=O)C3. The molecule has 1 unspecified atom stereocenters. The highest BCUT2D eigenvalue weighted by Crippen LogP contribution is 2.42. The summed E-state index contributed by atoms with van der Waals surface area (Å²) in [6.45, 7) is 8.23. The molecule has 0 aliphatic carbocycles. The molecular formula is C51H60ClN5O6. The van der Waals surface area contributed by atoms with Crippen LogP contribution in [0.4, 0.5) is 5.69 Å². The van der Waals surface area contributed by atoms with Crippen LogP contribution in [0, 0.1) is 5.41 Å². The second-order valence-corrected chi connectivity index (χ2v) is 17.3. The van der Waals surface area contributed by atoms with Gasteiger partial charge in [-0.3, -0.25) is 24.2 Å². The van der Waals surface area contributed by atoms with E-state index in [9.17, 15) is 29.1 Å². The number of alkyl halides is 1. The summed E-state index contributed by atoms with van der Waals surface area (Å²) in [7, 11) is 3.67. The summed E-state index contributed by atoms with van der Waals surface area (Å²) in [5.74, 6) is -0.450. The zero-order valence-corrected chi connectivity index (χ0v) is 37.5. The number of hydrogen-bond donors (Lipinski definition) is 2. The number of anilines is 1. The molecule has 0 saturated carbocycles. The summed E-state index contributed by atoms with van der Waals surface area (Å²) in [4.78, 5) is 67.0. The molecule has 4 aromatic rings. The van der Waals surface area contributed by atoms with E-state index in [4.69, 9.17) is 11.6 Å². The van der Waals surface area contributed by atoms with Crippen LogP contribution >= 0.6 is 11.6 Å². The van der Waals surface area contributed by atoms with E-state index in [0.29, 0.717) is 30.5 Å². The number of rotatable bonds is 12. The molecule has 0 aromatic heterocycles. The Morgan fingerprint density at radius 1 is 0.810 bits per heavy atom. The maximum atomic E-state index is 12.8. The molecule has 4 heterocycles. The molecule has 12 heteroatoms.